The summed E-state index contributed by atoms with van der Waals surface area (Å²) >= 11 is 0. The highest BCUT2D eigenvalue weighted by Crippen LogP contribution is 2.44. The number of nitrogens with zero attached hydrogens (tertiary/aromatic N) is 1. The van der Waals surface area contributed by atoms with Crippen molar-refractivity contribution in [1.82, 2.24) is 10.3 Å². The standard InChI is InChI=1S/C20H23N3O2.2ClH/c24-19(20-10-2-1-3-15(20)13-22-14-20)23-16-4-6-17(7-5-16)25-18-8-11-21-12-9-18;;/h4-9,11-12,15,22H,1-3,10,13-14H2,(H,23,24);2*1H/t15-,20+;;/m0../s1. The number of rotatable bonds is 4. The number of nitrogens with one attached hydrogen (secondary N) is 2. The Balaban J connectivity index is 0.00000131. The van der Waals surface area contributed by atoms with Gasteiger partial charge in [0.1, 0.15) is 11.5 Å². The molecule has 5 nitrogen and oxygen atoms in total. The number of ether oxygens (including phenoxy) is 1. The van der Waals surface area contributed by atoms with Crippen LogP contribution in [0.4, 0.5) is 5.69 Å². The molecule has 2 aromatic rings. The first kappa shape index (κ1) is 21.5. The molecule has 2 atom stereocenters. The molecule has 2 fully saturated rings. The molecule has 2 aliphatic rings. The third-order valence-electron chi connectivity index (χ3n) is 5.49. The van der Waals surface area contributed by atoms with Crippen LogP contribution in [0.2, 0.25) is 0 Å². The van der Waals surface area contributed by atoms with Gasteiger partial charge in [0, 0.05) is 24.6 Å². The third kappa shape index (κ3) is 4.54. The second kappa shape index (κ2) is 9.40. The van der Waals surface area contributed by atoms with Crippen molar-refractivity contribution in [3.8, 4) is 11.5 Å². The Morgan fingerprint density at radius 3 is 2.52 bits per heavy atom. The number of amides is 1. The summed E-state index contributed by atoms with van der Waals surface area (Å²) in [6, 6.07) is 11.2. The number of anilines is 1. The van der Waals surface area contributed by atoms with Crippen molar-refractivity contribution in [2.45, 2.75) is 25.7 Å². The number of halogens is 2. The number of carbonyl (C=O) groups excluding carboxylic acids is 1. The number of aromatic nitrogens is 1. The van der Waals surface area contributed by atoms with E-state index in [0.717, 1.165) is 49.5 Å². The highest BCUT2D eigenvalue weighted by molar-refractivity contribution is 5.96. The van der Waals surface area contributed by atoms with Gasteiger partial charge < -0.3 is 15.4 Å². The summed E-state index contributed by atoms with van der Waals surface area (Å²) in [4.78, 5) is 16.9. The number of fused-ring (bicyclic) bond motifs is 1. The molecule has 27 heavy (non-hydrogen) atoms. The van der Waals surface area contributed by atoms with Gasteiger partial charge in [0.2, 0.25) is 5.91 Å². The Kier molecular flexibility index (Phi) is 7.48. The van der Waals surface area contributed by atoms with Crippen LogP contribution in [0.5, 0.6) is 11.5 Å². The molecule has 2 N–H and O–H groups in total. The lowest BCUT2D eigenvalue weighted by Gasteiger charge is -2.37. The van der Waals surface area contributed by atoms with Gasteiger partial charge in [-0.05, 0) is 61.7 Å². The molecule has 0 unspecified atom stereocenters. The van der Waals surface area contributed by atoms with Gasteiger partial charge in [0.05, 0.1) is 5.41 Å². The van der Waals surface area contributed by atoms with Crippen molar-refractivity contribution in [2.24, 2.45) is 11.3 Å². The molecule has 1 aliphatic carbocycles. The third-order valence-corrected chi connectivity index (χ3v) is 5.49. The molecule has 1 amide bonds. The van der Waals surface area contributed by atoms with Crippen LogP contribution in [-0.2, 0) is 4.79 Å². The van der Waals surface area contributed by atoms with Gasteiger partial charge in [-0.15, -0.1) is 24.8 Å². The van der Waals surface area contributed by atoms with Crippen molar-refractivity contribution in [1.29, 1.82) is 0 Å². The van der Waals surface area contributed by atoms with Crippen molar-refractivity contribution >= 4 is 36.4 Å². The number of benzene rings is 1. The SMILES string of the molecule is Cl.Cl.O=C(Nc1ccc(Oc2ccncc2)cc1)[C@@]12CCCC[C@H]1CNC2. The molecule has 1 saturated carbocycles. The smallest absolute Gasteiger partial charge is 0.232 e. The fraction of sp³-hybridized carbons (Fsp3) is 0.400. The van der Waals surface area contributed by atoms with Crippen LogP contribution in [-0.4, -0.2) is 24.0 Å². The number of carbonyl (C=O) groups is 1. The monoisotopic (exact) mass is 409 g/mol. The zero-order valence-electron chi connectivity index (χ0n) is 15.0. The lowest BCUT2D eigenvalue weighted by molar-refractivity contribution is -0.128. The Hall–Kier alpha value is -1.82. The maximum absolute atomic E-state index is 13.0. The molecule has 1 aliphatic heterocycles. The molecule has 1 aromatic carbocycles. The zero-order chi connectivity index (χ0) is 17.1. The van der Waals surface area contributed by atoms with E-state index >= 15 is 0 Å². The average molecular weight is 410 g/mol. The second-order valence-electron chi connectivity index (χ2n) is 6.99. The van der Waals surface area contributed by atoms with Crippen LogP contribution in [0.1, 0.15) is 25.7 Å². The molecule has 7 heteroatoms. The first-order chi connectivity index (χ1) is 12.3. The Labute approximate surface area is 172 Å². The maximum atomic E-state index is 13.0. The van der Waals surface area contributed by atoms with E-state index in [2.05, 4.69) is 15.6 Å². The number of hydrogen-bond acceptors (Lipinski definition) is 4. The van der Waals surface area contributed by atoms with Gasteiger partial charge in [-0.2, -0.15) is 0 Å². The Bertz CT molecular complexity index is 743. The van der Waals surface area contributed by atoms with E-state index in [4.69, 9.17) is 4.74 Å². The first-order valence-corrected chi connectivity index (χ1v) is 8.96. The molecule has 0 radical (unpaired) electrons. The summed E-state index contributed by atoms with van der Waals surface area (Å²) in [5, 5.41) is 6.54. The van der Waals surface area contributed by atoms with Crippen molar-refractivity contribution < 1.29 is 9.53 Å². The molecule has 0 bridgehead atoms. The summed E-state index contributed by atoms with van der Waals surface area (Å²) in [5.41, 5.74) is 0.586. The fourth-order valence-corrected chi connectivity index (χ4v) is 4.09. The largest absolute Gasteiger partial charge is 0.457 e. The molecule has 0 spiro atoms. The summed E-state index contributed by atoms with van der Waals surface area (Å²) in [6.07, 6.45) is 7.91. The fourth-order valence-electron chi connectivity index (χ4n) is 4.09. The van der Waals surface area contributed by atoms with Gasteiger partial charge in [0.25, 0.3) is 0 Å². The minimum absolute atomic E-state index is 0. The summed E-state index contributed by atoms with van der Waals surface area (Å²) in [7, 11) is 0. The first-order valence-electron chi connectivity index (χ1n) is 8.96. The van der Waals surface area contributed by atoms with Crippen LogP contribution < -0.4 is 15.4 Å². The predicted molar refractivity (Wildman–Crippen MR) is 111 cm³/mol. The Morgan fingerprint density at radius 1 is 1.07 bits per heavy atom. The number of hydrogen-bond donors (Lipinski definition) is 2. The average Bonchev–Trinajstić information content (AvgIpc) is 3.10. The molecule has 1 aromatic heterocycles. The van der Waals surface area contributed by atoms with Gasteiger partial charge in [-0.3, -0.25) is 9.78 Å². The highest BCUT2D eigenvalue weighted by atomic mass is 35.5. The molecule has 4 rings (SSSR count). The van der Waals surface area contributed by atoms with Crippen molar-refractivity contribution in [3.05, 3.63) is 48.8 Å². The van der Waals surface area contributed by atoms with E-state index in [-0.39, 0.29) is 36.1 Å². The lowest BCUT2D eigenvalue weighted by atomic mass is 9.67. The van der Waals surface area contributed by atoms with E-state index in [1.807, 2.05) is 36.4 Å². The van der Waals surface area contributed by atoms with Gasteiger partial charge >= 0.3 is 0 Å². The molecular weight excluding hydrogens is 385 g/mol. The molecular formula is C20H25Cl2N3O2. The zero-order valence-corrected chi connectivity index (χ0v) is 16.7. The van der Waals surface area contributed by atoms with Crippen LogP contribution in [0.25, 0.3) is 0 Å². The van der Waals surface area contributed by atoms with Crippen LogP contribution in [0.3, 0.4) is 0 Å². The van der Waals surface area contributed by atoms with Crippen molar-refractivity contribution in [3.63, 3.8) is 0 Å². The van der Waals surface area contributed by atoms with Gasteiger partial charge in [0.15, 0.2) is 0 Å². The normalized spacial score (nSPS) is 23.3. The predicted octanol–water partition coefficient (Wildman–Crippen LogP) is 4.44. The molecule has 146 valence electrons. The van der Waals surface area contributed by atoms with E-state index in [1.54, 1.807) is 12.4 Å². The van der Waals surface area contributed by atoms with E-state index in [1.165, 1.54) is 6.42 Å². The maximum Gasteiger partial charge on any atom is 0.232 e. The van der Waals surface area contributed by atoms with E-state index in [9.17, 15) is 4.79 Å². The quantitative estimate of drug-likeness (QED) is 0.783. The van der Waals surface area contributed by atoms with Crippen molar-refractivity contribution in [2.75, 3.05) is 18.4 Å². The van der Waals surface area contributed by atoms with Crippen LogP contribution in [0, 0.1) is 11.3 Å². The second-order valence-corrected chi connectivity index (χ2v) is 6.99. The van der Waals surface area contributed by atoms with Crippen LogP contribution >= 0.6 is 24.8 Å². The van der Waals surface area contributed by atoms with E-state index in [0.29, 0.717) is 5.92 Å². The topological polar surface area (TPSA) is 63.2 Å². The van der Waals surface area contributed by atoms with Gasteiger partial charge in [-0.25, -0.2) is 0 Å². The van der Waals surface area contributed by atoms with Crippen LogP contribution in [0.15, 0.2) is 48.8 Å². The Morgan fingerprint density at radius 2 is 1.78 bits per heavy atom. The van der Waals surface area contributed by atoms with E-state index < -0.39 is 0 Å². The van der Waals surface area contributed by atoms with Gasteiger partial charge in [-0.1, -0.05) is 12.8 Å². The minimum Gasteiger partial charge on any atom is -0.457 e. The highest BCUT2D eigenvalue weighted by Gasteiger charge is 2.49. The number of pyridine rings is 1. The molecule has 2 heterocycles. The summed E-state index contributed by atoms with van der Waals surface area (Å²) < 4.78 is 5.76. The molecule has 1 saturated heterocycles. The summed E-state index contributed by atoms with van der Waals surface area (Å²) in [5.74, 6) is 2.11. The summed E-state index contributed by atoms with van der Waals surface area (Å²) in [6.45, 7) is 1.76. The minimum atomic E-state index is -0.232. The lowest BCUT2D eigenvalue weighted by Crippen LogP contribution is -2.44.